The van der Waals surface area contributed by atoms with Gasteiger partial charge < -0.3 is 5.32 Å². The zero-order chi connectivity index (χ0) is 14.5. The van der Waals surface area contributed by atoms with E-state index in [0.717, 1.165) is 12.1 Å². The average molecular weight is 279 g/mol. The van der Waals surface area contributed by atoms with Crippen LogP contribution in [0.4, 0.5) is 18.9 Å². The number of hydrogen-bond donors (Lipinski definition) is 1. The Morgan fingerprint density at radius 1 is 0.950 bits per heavy atom. The van der Waals surface area contributed by atoms with Gasteiger partial charge in [0.25, 0.3) is 0 Å². The number of carbonyl (C=O) groups excluding carboxylic acids is 1. The van der Waals surface area contributed by atoms with E-state index in [-0.39, 0.29) is 24.4 Å². The maximum atomic E-state index is 13.3. The number of rotatable bonds is 4. The average Bonchev–Trinajstić information content (AvgIpc) is 2.43. The second-order valence-corrected chi connectivity index (χ2v) is 4.28. The predicted molar refractivity (Wildman–Crippen MR) is 69.7 cm³/mol. The van der Waals surface area contributed by atoms with Crippen molar-refractivity contribution in [2.45, 2.75) is 12.8 Å². The Kier molecular flexibility index (Phi) is 4.40. The molecule has 0 radical (unpaired) electrons. The summed E-state index contributed by atoms with van der Waals surface area (Å²) < 4.78 is 39.0. The largest absolute Gasteiger partial charge is 0.324 e. The highest BCUT2D eigenvalue weighted by Crippen LogP contribution is 2.14. The monoisotopic (exact) mass is 279 g/mol. The minimum absolute atomic E-state index is 0.0550. The van der Waals surface area contributed by atoms with Gasteiger partial charge in [-0.3, -0.25) is 4.79 Å². The Balaban J connectivity index is 1.92. The van der Waals surface area contributed by atoms with Crippen LogP contribution < -0.4 is 5.32 Å². The van der Waals surface area contributed by atoms with Gasteiger partial charge in [0, 0.05) is 6.42 Å². The van der Waals surface area contributed by atoms with Crippen molar-refractivity contribution in [3.63, 3.8) is 0 Å². The van der Waals surface area contributed by atoms with Crippen LogP contribution in [-0.4, -0.2) is 5.91 Å². The highest BCUT2D eigenvalue weighted by Gasteiger charge is 2.08. The SMILES string of the molecule is O=C(CCc1ccc(F)c(F)c1)Nc1ccccc1F. The Hall–Kier alpha value is -2.30. The van der Waals surface area contributed by atoms with E-state index in [1.807, 2.05) is 0 Å². The van der Waals surface area contributed by atoms with Crippen LogP contribution in [0.25, 0.3) is 0 Å². The molecule has 0 aliphatic heterocycles. The second-order valence-electron chi connectivity index (χ2n) is 4.28. The summed E-state index contributed by atoms with van der Waals surface area (Å²) in [7, 11) is 0. The molecule has 2 aromatic rings. The Morgan fingerprint density at radius 2 is 1.70 bits per heavy atom. The van der Waals surface area contributed by atoms with Gasteiger partial charge in [-0.15, -0.1) is 0 Å². The molecule has 0 aliphatic carbocycles. The Bertz CT molecular complexity index is 628. The van der Waals surface area contributed by atoms with Crippen LogP contribution in [0.15, 0.2) is 42.5 Å². The zero-order valence-corrected chi connectivity index (χ0v) is 10.5. The Morgan fingerprint density at radius 3 is 2.40 bits per heavy atom. The van der Waals surface area contributed by atoms with Gasteiger partial charge in [0.05, 0.1) is 5.69 Å². The van der Waals surface area contributed by atoms with Crippen LogP contribution in [-0.2, 0) is 11.2 Å². The van der Waals surface area contributed by atoms with Gasteiger partial charge in [0.15, 0.2) is 11.6 Å². The highest BCUT2D eigenvalue weighted by atomic mass is 19.2. The number of carbonyl (C=O) groups is 1. The first-order chi connectivity index (χ1) is 9.56. The van der Waals surface area contributed by atoms with Crippen LogP contribution in [0.1, 0.15) is 12.0 Å². The smallest absolute Gasteiger partial charge is 0.224 e. The molecule has 0 fully saturated rings. The molecule has 1 amide bonds. The summed E-state index contributed by atoms with van der Waals surface area (Å²) in [5.74, 6) is -2.78. The van der Waals surface area contributed by atoms with E-state index in [9.17, 15) is 18.0 Å². The van der Waals surface area contributed by atoms with Crippen LogP contribution >= 0.6 is 0 Å². The predicted octanol–water partition coefficient (Wildman–Crippen LogP) is 3.68. The molecule has 2 nitrogen and oxygen atoms in total. The van der Waals surface area contributed by atoms with Gasteiger partial charge in [-0.1, -0.05) is 18.2 Å². The number of amides is 1. The fourth-order valence-corrected chi connectivity index (χ4v) is 1.73. The van der Waals surface area contributed by atoms with Crippen molar-refractivity contribution in [2.75, 3.05) is 5.32 Å². The van der Waals surface area contributed by atoms with Crippen molar-refractivity contribution in [2.24, 2.45) is 0 Å². The number of para-hydroxylation sites is 1. The fraction of sp³-hybridized carbons (Fsp3) is 0.133. The van der Waals surface area contributed by atoms with Gasteiger partial charge >= 0.3 is 0 Å². The molecule has 0 atom stereocenters. The topological polar surface area (TPSA) is 29.1 Å². The number of hydrogen-bond acceptors (Lipinski definition) is 1. The van der Waals surface area contributed by atoms with Crippen molar-refractivity contribution in [3.8, 4) is 0 Å². The van der Waals surface area contributed by atoms with Gasteiger partial charge in [-0.05, 0) is 36.2 Å². The maximum absolute atomic E-state index is 13.3. The van der Waals surface area contributed by atoms with Crippen LogP contribution in [0.3, 0.4) is 0 Å². The summed E-state index contributed by atoms with van der Waals surface area (Å²) in [6.45, 7) is 0. The number of anilines is 1. The lowest BCUT2D eigenvalue weighted by molar-refractivity contribution is -0.116. The molecule has 20 heavy (non-hydrogen) atoms. The summed E-state index contributed by atoms with van der Waals surface area (Å²) >= 11 is 0. The van der Waals surface area contributed by atoms with Gasteiger partial charge in [-0.2, -0.15) is 0 Å². The maximum Gasteiger partial charge on any atom is 0.224 e. The lowest BCUT2D eigenvalue weighted by atomic mass is 10.1. The highest BCUT2D eigenvalue weighted by molar-refractivity contribution is 5.90. The standard InChI is InChI=1S/C15H12F3NO/c16-11-7-5-10(9-13(11)18)6-8-15(20)19-14-4-2-1-3-12(14)17/h1-5,7,9H,6,8H2,(H,19,20). The minimum Gasteiger partial charge on any atom is -0.324 e. The molecular formula is C15H12F3NO. The molecule has 0 spiro atoms. The van der Waals surface area contributed by atoms with E-state index in [0.29, 0.717) is 5.56 Å². The summed E-state index contributed by atoms with van der Waals surface area (Å²) in [5, 5.41) is 2.42. The molecule has 104 valence electrons. The first-order valence-corrected chi connectivity index (χ1v) is 6.04. The molecule has 0 heterocycles. The van der Waals surface area contributed by atoms with E-state index in [1.165, 1.54) is 24.3 Å². The van der Waals surface area contributed by atoms with Crippen LogP contribution in [0, 0.1) is 17.5 Å². The molecular weight excluding hydrogens is 267 g/mol. The molecule has 0 aromatic heterocycles. The van der Waals surface area contributed by atoms with Crippen molar-refractivity contribution < 1.29 is 18.0 Å². The number of halogens is 3. The molecule has 2 aromatic carbocycles. The lowest BCUT2D eigenvalue weighted by Gasteiger charge is -2.06. The third-order valence-corrected chi connectivity index (χ3v) is 2.77. The number of benzene rings is 2. The first kappa shape index (κ1) is 14.1. The molecule has 2 rings (SSSR count). The van der Waals surface area contributed by atoms with Crippen LogP contribution in [0.2, 0.25) is 0 Å². The van der Waals surface area contributed by atoms with Crippen LogP contribution in [0.5, 0.6) is 0 Å². The lowest BCUT2D eigenvalue weighted by Crippen LogP contribution is -2.13. The molecule has 1 N–H and O–H groups in total. The van der Waals surface area contributed by atoms with Crippen molar-refractivity contribution in [3.05, 3.63) is 65.5 Å². The fourth-order valence-electron chi connectivity index (χ4n) is 1.73. The van der Waals surface area contributed by atoms with Gasteiger partial charge in [0.2, 0.25) is 5.91 Å². The summed E-state index contributed by atoms with van der Waals surface area (Å²) in [4.78, 5) is 11.6. The summed E-state index contributed by atoms with van der Waals surface area (Å²) in [5.41, 5.74) is 0.607. The van der Waals surface area contributed by atoms with E-state index in [2.05, 4.69) is 5.32 Å². The number of aryl methyl sites for hydroxylation is 1. The molecule has 0 saturated carbocycles. The molecule has 5 heteroatoms. The normalized spacial score (nSPS) is 10.3. The van der Waals surface area contributed by atoms with E-state index < -0.39 is 17.5 Å². The van der Waals surface area contributed by atoms with E-state index >= 15 is 0 Å². The second kappa shape index (κ2) is 6.23. The van der Waals surface area contributed by atoms with Crippen molar-refractivity contribution in [1.29, 1.82) is 0 Å². The van der Waals surface area contributed by atoms with Crippen molar-refractivity contribution >= 4 is 11.6 Å². The minimum atomic E-state index is -0.947. The molecule has 0 unspecified atom stereocenters. The molecule has 0 bridgehead atoms. The first-order valence-electron chi connectivity index (χ1n) is 6.04. The van der Waals surface area contributed by atoms with E-state index in [4.69, 9.17) is 0 Å². The van der Waals surface area contributed by atoms with E-state index in [1.54, 1.807) is 6.07 Å². The summed E-state index contributed by atoms with van der Waals surface area (Å²) in [6, 6.07) is 9.29. The summed E-state index contributed by atoms with van der Waals surface area (Å²) in [6.07, 6.45) is 0.302. The van der Waals surface area contributed by atoms with Crippen molar-refractivity contribution in [1.82, 2.24) is 0 Å². The molecule has 0 saturated heterocycles. The molecule has 0 aliphatic rings. The van der Waals surface area contributed by atoms with Gasteiger partial charge in [-0.25, -0.2) is 13.2 Å². The Labute approximate surface area is 114 Å². The third-order valence-electron chi connectivity index (χ3n) is 2.77. The quantitative estimate of drug-likeness (QED) is 0.909. The zero-order valence-electron chi connectivity index (χ0n) is 10.5. The van der Waals surface area contributed by atoms with Gasteiger partial charge in [0.1, 0.15) is 5.82 Å². The number of nitrogens with one attached hydrogen (secondary N) is 1. The third kappa shape index (κ3) is 3.60.